The first-order chi connectivity index (χ1) is 8.49. The lowest BCUT2D eigenvalue weighted by molar-refractivity contribution is -0.133. The molecule has 0 aromatic heterocycles. The summed E-state index contributed by atoms with van der Waals surface area (Å²) in [6, 6.07) is 0. The molecule has 1 heterocycles. The molecule has 0 fully saturated rings. The van der Waals surface area contributed by atoms with E-state index in [1.54, 1.807) is 0 Å². The van der Waals surface area contributed by atoms with Gasteiger partial charge >= 0.3 is 5.97 Å². The van der Waals surface area contributed by atoms with Gasteiger partial charge in [-0.15, -0.1) is 0 Å². The number of carbonyl (C=O) groups is 1. The van der Waals surface area contributed by atoms with Crippen molar-refractivity contribution in [1.82, 2.24) is 0 Å². The van der Waals surface area contributed by atoms with Gasteiger partial charge in [-0.05, 0) is 32.1 Å². The smallest absolute Gasteiger partial charge is 0.343 e. The average Bonchev–Trinajstić information content (AvgIpc) is 2.53. The fourth-order valence-electron chi connectivity index (χ4n) is 2.57. The van der Waals surface area contributed by atoms with Crippen molar-refractivity contribution in [2.75, 3.05) is 0 Å². The van der Waals surface area contributed by atoms with Crippen LogP contribution in [-0.2, 0) is 9.53 Å². The molecular weight excluding hydrogens is 228 g/mol. The molecule has 1 aliphatic carbocycles. The lowest BCUT2D eigenvalue weighted by atomic mass is 9.90. The van der Waals surface area contributed by atoms with E-state index in [9.17, 15) is 9.90 Å². The van der Waals surface area contributed by atoms with Crippen molar-refractivity contribution in [3.63, 3.8) is 0 Å². The highest BCUT2D eigenvalue weighted by molar-refractivity contribution is 5.96. The van der Waals surface area contributed by atoms with Gasteiger partial charge in [-0.3, -0.25) is 0 Å². The summed E-state index contributed by atoms with van der Waals surface area (Å²) in [6.07, 6.45) is 4.81. The number of allylic oxidation sites excluding steroid dienone is 2. The molecule has 98 valence electrons. The Bertz CT molecular complexity index is 443. The summed E-state index contributed by atoms with van der Waals surface area (Å²) < 4.78 is 5.25. The summed E-state index contributed by atoms with van der Waals surface area (Å²) >= 11 is 0. The first-order valence-corrected chi connectivity index (χ1v) is 6.47. The Hall–Kier alpha value is -1.35. The van der Waals surface area contributed by atoms with Crippen molar-refractivity contribution < 1.29 is 14.6 Å². The van der Waals surface area contributed by atoms with Gasteiger partial charge in [0.25, 0.3) is 0 Å². The quantitative estimate of drug-likeness (QED) is 0.407. The van der Waals surface area contributed by atoms with E-state index in [0.717, 1.165) is 18.4 Å². The summed E-state index contributed by atoms with van der Waals surface area (Å²) in [5.74, 6) is 0.648. The van der Waals surface area contributed by atoms with Gasteiger partial charge in [0.2, 0.25) is 0 Å². The predicted molar refractivity (Wildman–Crippen MR) is 69.7 cm³/mol. The second kappa shape index (κ2) is 5.11. The summed E-state index contributed by atoms with van der Waals surface area (Å²) in [5, 5.41) is 10.3. The minimum Gasteiger partial charge on any atom is -0.427 e. The fourth-order valence-corrected chi connectivity index (χ4v) is 2.57. The van der Waals surface area contributed by atoms with E-state index < -0.39 is 12.1 Å². The molecule has 0 amide bonds. The number of hydrogen-bond acceptors (Lipinski definition) is 3. The zero-order chi connectivity index (χ0) is 13.3. The van der Waals surface area contributed by atoms with Gasteiger partial charge in [-0.2, -0.15) is 0 Å². The highest BCUT2D eigenvalue weighted by Gasteiger charge is 2.33. The standard InChI is InChI=1S/C15H20O3/c1-9-5-4-6-10(2)8-13-14(12(16)7-9)11(3)15(17)18-13/h5,10,12,16H,3-4,6-8H2,1-2H3. The first-order valence-electron chi connectivity index (χ1n) is 6.47. The van der Waals surface area contributed by atoms with Gasteiger partial charge in [-0.1, -0.05) is 25.2 Å². The van der Waals surface area contributed by atoms with Crippen LogP contribution in [0, 0.1) is 5.92 Å². The van der Waals surface area contributed by atoms with Crippen molar-refractivity contribution in [2.45, 2.75) is 45.6 Å². The number of esters is 1. The van der Waals surface area contributed by atoms with Crippen molar-refractivity contribution in [2.24, 2.45) is 5.92 Å². The Morgan fingerprint density at radius 2 is 2.17 bits per heavy atom. The largest absolute Gasteiger partial charge is 0.427 e. The predicted octanol–water partition coefficient (Wildman–Crippen LogP) is 2.87. The van der Waals surface area contributed by atoms with Crippen molar-refractivity contribution in [1.29, 1.82) is 0 Å². The zero-order valence-electron chi connectivity index (χ0n) is 11.0. The minimum absolute atomic E-state index is 0.318. The molecule has 2 aliphatic rings. The number of rotatable bonds is 0. The van der Waals surface area contributed by atoms with Gasteiger partial charge in [0.1, 0.15) is 5.76 Å². The van der Waals surface area contributed by atoms with Gasteiger partial charge in [0.15, 0.2) is 0 Å². The van der Waals surface area contributed by atoms with Crippen LogP contribution in [0.2, 0.25) is 0 Å². The van der Waals surface area contributed by atoms with Crippen LogP contribution in [0.5, 0.6) is 0 Å². The Kier molecular flexibility index (Phi) is 3.71. The SMILES string of the molecule is C=C1C(=O)OC2=C1C(O)CC(C)=CCCC(C)C2. The van der Waals surface area contributed by atoms with E-state index in [1.807, 2.05) is 6.92 Å². The van der Waals surface area contributed by atoms with Crippen LogP contribution in [0.3, 0.4) is 0 Å². The van der Waals surface area contributed by atoms with E-state index in [2.05, 4.69) is 19.6 Å². The molecule has 0 bridgehead atoms. The van der Waals surface area contributed by atoms with Gasteiger partial charge in [0.05, 0.1) is 11.7 Å². The molecule has 0 radical (unpaired) electrons. The lowest BCUT2D eigenvalue weighted by Gasteiger charge is -2.17. The molecule has 3 heteroatoms. The van der Waals surface area contributed by atoms with E-state index >= 15 is 0 Å². The van der Waals surface area contributed by atoms with Crippen LogP contribution in [0.15, 0.2) is 35.1 Å². The second-order valence-corrected chi connectivity index (χ2v) is 5.36. The molecule has 0 saturated carbocycles. The molecule has 2 atom stereocenters. The fraction of sp³-hybridized carbons (Fsp3) is 0.533. The van der Waals surface area contributed by atoms with E-state index in [4.69, 9.17) is 4.74 Å². The number of carbonyl (C=O) groups excluding carboxylic acids is 1. The Balaban J connectivity index is 2.34. The minimum atomic E-state index is -0.680. The molecule has 0 spiro atoms. The first kappa shape index (κ1) is 13.1. The van der Waals surface area contributed by atoms with Gasteiger partial charge < -0.3 is 9.84 Å². The molecule has 2 unspecified atom stereocenters. The van der Waals surface area contributed by atoms with Crippen LogP contribution >= 0.6 is 0 Å². The third-order valence-corrected chi connectivity index (χ3v) is 3.62. The molecular formula is C15H20O3. The summed E-state index contributed by atoms with van der Waals surface area (Å²) in [6.45, 7) is 7.88. The number of hydrogen-bond donors (Lipinski definition) is 1. The van der Waals surface area contributed by atoms with Gasteiger partial charge in [-0.25, -0.2) is 4.79 Å². The molecule has 18 heavy (non-hydrogen) atoms. The van der Waals surface area contributed by atoms with E-state index in [-0.39, 0.29) is 0 Å². The second-order valence-electron chi connectivity index (χ2n) is 5.36. The molecule has 2 rings (SSSR count). The maximum Gasteiger partial charge on any atom is 0.343 e. The highest BCUT2D eigenvalue weighted by atomic mass is 16.5. The Morgan fingerprint density at radius 3 is 2.89 bits per heavy atom. The maximum absolute atomic E-state index is 11.6. The zero-order valence-corrected chi connectivity index (χ0v) is 11.0. The third-order valence-electron chi connectivity index (χ3n) is 3.62. The lowest BCUT2D eigenvalue weighted by Crippen LogP contribution is -2.14. The highest BCUT2D eigenvalue weighted by Crippen LogP contribution is 2.35. The maximum atomic E-state index is 11.6. The number of aliphatic hydroxyl groups is 1. The molecule has 3 nitrogen and oxygen atoms in total. The third kappa shape index (κ3) is 2.56. The van der Waals surface area contributed by atoms with Crippen LogP contribution in [-0.4, -0.2) is 17.2 Å². The Labute approximate surface area is 108 Å². The van der Waals surface area contributed by atoms with Crippen LogP contribution < -0.4 is 0 Å². The molecule has 0 aromatic rings. The average molecular weight is 248 g/mol. The van der Waals surface area contributed by atoms with E-state index in [0.29, 0.717) is 35.7 Å². The van der Waals surface area contributed by atoms with Crippen molar-refractivity contribution in [3.8, 4) is 0 Å². The number of aliphatic hydroxyl groups excluding tert-OH is 1. The summed E-state index contributed by atoms with van der Waals surface area (Å²) in [4.78, 5) is 11.6. The van der Waals surface area contributed by atoms with E-state index in [1.165, 1.54) is 0 Å². The van der Waals surface area contributed by atoms with Crippen molar-refractivity contribution in [3.05, 3.63) is 35.1 Å². The summed E-state index contributed by atoms with van der Waals surface area (Å²) in [5.41, 5.74) is 2.08. The van der Waals surface area contributed by atoms with Gasteiger partial charge in [0, 0.05) is 12.0 Å². The molecule has 0 saturated heterocycles. The summed E-state index contributed by atoms with van der Waals surface area (Å²) in [7, 11) is 0. The Morgan fingerprint density at radius 1 is 1.44 bits per heavy atom. The van der Waals surface area contributed by atoms with Crippen LogP contribution in [0.25, 0.3) is 0 Å². The topological polar surface area (TPSA) is 46.5 Å². The molecule has 1 N–H and O–H groups in total. The van der Waals surface area contributed by atoms with Crippen LogP contribution in [0.1, 0.15) is 39.5 Å². The number of ether oxygens (including phenoxy) is 1. The van der Waals surface area contributed by atoms with Crippen molar-refractivity contribution >= 4 is 5.97 Å². The van der Waals surface area contributed by atoms with Crippen LogP contribution in [0.4, 0.5) is 0 Å². The monoisotopic (exact) mass is 248 g/mol. The normalized spacial score (nSPS) is 29.8. The molecule has 1 aliphatic heterocycles. The molecule has 0 aromatic carbocycles.